The summed E-state index contributed by atoms with van der Waals surface area (Å²) in [6.45, 7) is 3.34. The van der Waals surface area contributed by atoms with Crippen molar-refractivity contribution in [2.45, 2.75) is 25.8 Å². The Bertz CT molecular complexity index is 1450. The van der Waals surface area contributed by atoms with Gasteiger partial charge in [0.2, 0.25) is 0 Å². The molecule has 37 heavy (non-hydrogen) atoms. The normalized spacial score (nSPS) is 13.5. The van der Waals surface area contributed by atoms with E-state index in [1.807, 2.05) is 18.2 Å². The van der Waals surface area contributed by atoms with E-state index in [-0.39, 0.29) is 0 Å². The molecule has 0 aliphatic carbocycles. The molecule has 0 radical (unpaired) electrons. The minimum Gasteiger partial charge on any atom is -0.478 e. The third-order valence-corrected chi connectivity index (χ3v) is 6.01. The zero-order chi connectivity index (χ0) is 26.7. The van der Waals surface area contributed by atoms with Gasteiger partial charge in [0.05, 0.1) is 11.3 Å². The number of carbonyl (C=O) groups is 2. The monoisotopic (exact) mass is 532 g/mol. The maximum Gasteiger partial charge on any atom is 0.490 e. The predicted molar refractivity (Wildman–Crippen MR) is 129 cm³/mol. The fourth-order valence-corrected chi connectivity index (χ4v) is 4.24. The Balaban J connectivity index is 0.000000405. The van der Waals surface area contributed by atoms with Gasteiger partial charge in [-0.3, -0.25) is 9.88 Å². The molecule has 0 fully saturated rings. The van der Waals surface area contributed by atoms with Gasteiger partial charge in [-0.25, -0.2) is 14.6 Å². The van der Waals surface area contributed by atoms with Crippen molar-refractivity contribution in [3.8, 4) is 11.3 Å². The first-order chi connectivity index (χ1) is 17.5. The molecule has 2 N–H and O–H groups in total. The van der Waals surface area contributed by atoms with Gasteiger partial charge in [-0.2, -0.15) is 13.2 Å². The maximum atomic E-state index is 11.3. The Morgan fingerprint density at radius 1 is 1.03 bits per heavy atom. The highest BCUT2D eigenvalue weighted by molar-refractivity contribution is 6.29. The molecule has 4 aromatic rings. The van der Waals surface area contributed by atoms with Crippen molar-refractivity contribution in [1.29, 1.82) is 0 Å². The summed E-state index contributed by atoms with van der Waals surface area (Å²) >= 11 is 5.93. The fourth-order valence-electron chi connectivity index (χ4n) is 4.12. The number of aromatic nitrogens is 3. The summed E-state index contributed by atoms with van der Waals surface area (Å²) in [5.41, 5.74) is 5.60. The first-order valence-corrected chi connectivity index (χ1v) is 11.3. The molecule has 3 aromatic heterocycles. The van der Waals surface area contributed by atoms with Crippen molar-refractivity contribution in [3.63, 3.8) is 0 Å². The van der Waals surface area contributed by atoms with Crippen LogP contribution in [0.3, 0.4) is 0 Å². The minimum atomic E-state index is -5.08. The maximum absolute atomic E-state index is 11.3. The molecular weight excluding hydrogens is 513 g/mol. The molecule has 0 unspecified atom stereocenters. The van der Waals surface area contributed by atoms with Crippen molar-refractivity contribution >= 4 is 34.4 Å². The smallest absolute Gasteiger partial charge is 0.478 e. The van der Waals surface area contributed by atoms with E-state index < -0.39 is 18.1 Å². The first-order valence-electron chi connectivity index (χ1n) is 11.0. The second kappa shape index (κ2) is 10.6. The van der Waals surface area contributed by atoms with E-state index in [9.17, 15) is 23.1 Å². The van der Waals surface area contributed by atoms with Gasteiger partial charge in [-0.1, -0.05) is 17.7 Å². The summed E-state index contributed by atoms with van der Waals surface area (Å²) in [5.74, 6) is -3.66. The number of halogens is 4. The van der Waals surface area contributed by atoms with Crippen LogP contribution in [0.4, 0.5) is 13.2 Å². The minimum absolute atomic E-state index is 0.318. The van der Waals surface area contributed by atoms with Crippen LogP contribution in [0.2, 0.25) is 5.15 Å². The van der Waals surface area contributed by atoms with Crippen molar-refractivity contribution in [1.82, 2.24) is 19.4 Å². The van der Waals surface area contributed by atoms with E-state index in [1.54, 1.807) is 30.6 Å². The standard InChI is InChI=1S/C23H19ClN4O2.C2HF3O2/c24-21-6-4-16(12-26-21)22-17(2-1-7-25-22)13-27-8-9-28-19(14-27)11-18-10-15(23(29)30)3-5-20(18)28;3-2(4,5)1(6)7/h1-7,10-12H,8-9,13-14H2,(H,29,30);(H,6,7). The molecule has 12 heteroatoms. The highest BCUT2D eigenvalue weighted by atomic mass is 35.5. The number of fused-ring (bicyclic) bond motifs is 3. The number of pyridine rings is 2. The molecular formula is C25H20ClF3N4O4. The summed E-state index contributed by atoms with van der Waals surface area (Å²) in [6.07, 6.45) is -1.54. The van der Waals surface area contributed by atoms with Gasteiger partial charge in [0, 0.05) is 60.7 Å². The summed E-state index contributed by atoms with van der Waals surface area (Å²) in [5, 5.41) is 17.8. The summed E-state index contributed by atoms with van der Waals surface area (Å²) in [4.78, 5) is 31.3. The zero-order valence-corrected chi connectivity index (χ0v) is 19.9. The molecule has 192 valence electrons. The van der Waals surface area contributed by atoms with E-state index >= 15 is 0 Å². The predicted octanol–water partition coefficient (Wildman–Crippen LogP) is 5.10. The van der Waals surface area contributed by atoms with Gasteiger partial charge in [0.15, 0.2) is 0 Å². The Kier molecular flexibility index (Phi) is 7.46. The van der Waals surface area contributed by atoms with E-state index in [2.05, 4.69) is 31.6 Å². The Morgan fingerprint density at radius 2 is 1.78 bits per heavy atom. The molecule has 8 nitrogen and oxygen atoms in total. The summed E-state index contributed by atoms with van der Waals surface area (Å²) in [7, 11) is 0. The largest absolute Gasteiger partial charge is 0.490 e. The third kappa shape index (κ3) is 6.07. The number of hydrogen-bond acceptors (Lipinski definition) is 5. The van der Waals surface area contributed by atoms with E-state index in [4.69, 9.17) is 21.5 Å². The topological polar surface area (TPSA) is 109 Å². The first kappa shape index (κ1) is 26.1. The van der Waals surface area contributed by atoms with Gasteiger partial charge in [0.25, 0.3) is 0 Å². The molecule has 0 amide bonds. The number of rotatable bonds is 4. The lowest BCUT2D eigenvalue weighted by atomic mass is 10.1. The van der Waals surface area contributed by atoms with Crippen LogP contribution < -0.4 is 0 Å². The van der Waals surface area contributed by atoms with Gasteiger partial charge in [-0.05, 0) is 48.0 Å². The Labute approximate surface area is 213 Å². The molecule has 0 spiro atoms. The lowest BCUT2D eigenvalue weighted by Crippen LogP contribution is -2.33. The quantitative estimate of drug-likeness (QED) is 0.352. The van der Waals surface area contributed by atoms with Gasteiger partial charge in [0.1, 0.15) is 5.15 Å². The number of benzene rings is 1. The summed E-state index contributed by atoms with van der Waals surface area (Å²) in [6, 6.07) is 15.2. The second-order valence-corrected chi connectivity index (χ2v) is 8.65. The fraction of sp³-hybridized carbons (Fsp3) is 0.200. The average molecular weight is 533 g/mol. The van der Waals surface area contributed by atoms with Crippen LogP contribution >= 0.6 is 11.6 Å². The molecule has 1 aliphatic rings. The molecule has 0 saturated carbocycles. The second-order valence-electron chi connectivity index (χ2n) is 8.26. The van der Waals surface area contributed by atoms with Crippen molar-refractivity contribution in [3.05, 3.63) is 82.9 Å². The number of carboxylic acid groups (broad SMARTS) is 2. The van der Waals surface area contributed by atoms with Gasteiger partial charge in [-0.15, -0.1) is 0 Å². The van der Waals surface area contributed by atoms with Crippen LogP contribution in [-0.2, 0) is 24.4 Å². The average Bonchev–Trinajstić information content (AvgIpc) is 3.22. The Hall–Kier alpha value is -3.96. The van der Waals surface area contributed by atoms with Gasteiger partial charge >= 0.3 is 18.1 Å². The molecule has 5 rings (SSSR count). The lowest BCUT2D eigenvalue weighted by Gasteiger charge is -2.29. The molecule has 0 atom stereocenters. The van der Waals surface area contributed by atoms with Crippen LogP contribution in [0.1, 0.15) is 21.6 Å². The molecule has 0 saturated heterocycles. The number of aliphatic carboxylic acids is 1. The highest BCUT2D eigenvalue weighted by Crippen LogP contribution is 2.28. The van der Waals surface area contributed by atoms with Crippen molar-refractivity contribution in [2.24, 2.45) is 0 Å². The summed E-state index contributed by atoms with van der Waals surface area (Å²) < 4.78 is 34.0. The lowest BCUT2D eigenvalue weighted by molar-refractivity contribution is -0.192. The van der Waals surface area contributed by atoms with E-state index in [0.29, 0.717) is 10.7 Å². The van der Waals surface area contributed by atoms with E-state index in [1.165, 1.54) is 5.69 Å². The molecule has 0 bridgehead atoms. The number of aromatic carboxylic acids is 1. The SMILES string of the molecule is O=C(O)C(F)(F)F.O=C(O)c1ccc2c(c1)cc1n2CCN(Cc2cccnc2-c2ccc(Cl)nc2)C1. The number of hydrogen-bond donors (Lipinski definition) is 2. The zero-order valence-electron chi connectivity index (χ0n) is 19.1. The van der Waals surface area contributed by atoms with E-state index in [0.717, 1.165) is 53.9 Å². The van der Waals surface area contributed by atoms with Crippen LogP contribution in [0.25, 0.3) is 22.2 Å². The van der Waals surface area contributed by atoms with Crippen LogP contribution in [0.5, 0.6) is 0 Å². The number of nitrogens with zero attached hydrogens (tertiary/aromatic N) is 4. The van der Waals surface area contributed by atoms with Crippen LogP contribution in [0, 0.1) is 0 Å². The number of carboxylic acids is 2. The van der Waals surface area contributed by atoms with Crippen molar-refractivity contribution in [2.75, 3.05) is 6.54 Å². The van der Waals surface area contributed by atoms with Crippen LogP contribution in [0.15, 0.2) is 60.9 Å². The molecule has 4 heterocycles. The van der Waals surface area contributed by atoms with Crippen molar-refractivity contribution < 1.29 is 33.0 Å². The van der Waals surface area contributed by atoms with Crippen LogP contribution in [-0.4, -0.2) is 54.3 Å². The molecule has 1 aromatic carbocycles. The Morgan fingerprint density at radius 3 is 2.43 bits per heavy atom. The molecule has 1 aliphatic heterocycles. The van der Waals surface area contributed by atoms with Gasteiger partial charge < -0.3 is 14.8 Å². The third-order valence-electron chi connectivity index (χ3n) is 5.79. The highest BCUT2D eigenvalue weighted by Gasteiger charge is 2.38. The number of alkyl halides is 3.